The molecule has 0 amide bonds. The standard InChI is InChI=1S/C14H20O4/c1-15-8-10-5-11(10)9-6-12(16-2)14(18-4)13(7-9)17-3/h6-7,10-11H,5,8H2,1-4H3. The predicted octanol–water partition coefficient (Wildman–Crippen LogP) is 2.46. The number of hydrogen-bond donors (Lipinski definition) is 0. The van der Waals surface area contributed by atoms with Gasteiger partial charge in [0.05, 0.1) is 21.3 Å². The highest BCUT2D eigenvalue weighted by atomic mass is 16.5. The van der Waals surface area contributed by atoms with Crippen LogP contribution in [0.4, 0.5) is 0 Å². The lowest BCUT2D eigenvalue weighted by Gasteiger charge is -2.14. The molecule has 0 spiro atoms. The molecule has 0 saturated heterocycles. The first-order valence-electron chi connectivity index (χ1n) is 6.04. The van der Waals surface area contributed by atoms with Gasteiger partial charge in [-0.2, -0.15) is 0 Å². The summed E-state index contributed by atoms with van der Waals surface area (Å²) in [5.41, 5.74) is 1.23. The monoisotopic (exact) mass is 252 g/mol. The predicted molar refractivity (Wildman–Crippen MR) is 68.8 cm³/mol. The highest BCUT2D eigenvalue weighted by Gasteiger charge is 2.39. The van der Waals surface area contributed by atoms with Crippen LogP contribution >= 0.6 is 0 Å². The lowest BCUT2D eigenvalue weighted by Crippen LogP contribution is -1.98. The van der Waals surface area contributed by atoms with Crippen LogP contribution in [0.25, 0.3) is 0 Å². The summed E-state index contributed by atoms with van der Waals surface area (Å²) in [4.78, 5) is 0. The van der Waals surface area contributed by atoms with Gasteiger partial charge in [-0.05, 0) is 36.0 Å². The quantitative estimate of drug-likeness (QED) is 0.779. The molecule has 2 unspecified atom stereocenters. The van der Waals surface area contributed by atoms with E-state index < -0.39 is 0 Å². The van der Waals surface area contributed by atoms with Crippen molar-refractivity contribution in [2.45, 2.75) is 12.3 Å². The summed E-state index contributed by atoms with van der Waals surface area (Å²) in [6.45, 7) is 0.807. The number of ether oxygens (including phenoxy) is 4. The molecule has 4 nitrogen and oxygen atoms in total. The summed E-state index contributed by atoms with van der Waals surface area (Å²) in [5.74, 6) is 3.23. The first-order chi connectivity index (χ1) is 8.74. The van der Waals surface area contributed by atoms with E-state index in [0.717, 1.165) is 24.5 Å². The molecule has 1 aliphatic carbocycles. The fraction of sp³-hybridized carbons (Fsp3) is 0.571. The van der Waals surface area contributed by atoms with Crippen molar-refractivity contribution in [2.24, 2.45) is 5.92 Å². The van der Waals surface area contributed by atoms with Crippen molar-refractivity contribution < 1.29 is 18.9 Å². The number of hydrogen-bond acceptors (Lipinski definition) is 4. The zero-order valence-electron chi connectivity index (χ0n) is 11.4. The van der Waals surface area contributed by atoms with Crippen LogP contribution < -0.4 is 14.2 Å². The van der Waals surface area contributed by atoms with Gasteiger partial charge >= 0.3 is 0 Å². The van der Waals surface area contributed by atoms with Crippen molar-refractivity contribution >= 4 is 0 Å². The number of methoxy groups -OCH3 is 4. The van der Waals surface area contributed by atoms with Gasteiger partial charge in [0.1, 0.15) is 0 Å². The van der Waals surface area contributed by atoms with E-state index in [0.29, 0.717) is 17.6 Å². The molecule has 0 radical (unpaired) electrons. The van der Waals surface area contributed by atoms with Gasteiger partial charge in [0.2, 0.25) is 5.75 Å². The van der Waals surface area contributed by atoms with Crippen molar-refractivity contribution in [3.05, 3.63) is 17.7 Å². The molecule has 0 aliphatic heterocycles. The van der Waals surface area contributed by atoms with Crippen molar-refractivity contribution in [2.75, 3.05) is 35.0 Å². The van der Waals surface area contributed by atoms with Crippen molar-refractivity contribution in [3.63, 3.8) is 0 Å². The number of rotatable bonds is 6. The van der Waals surface area contributed by atoms with E-state index in [1.807, 2.05) is 12.1 Å². The van der Waals surface area contributed by atoms with Crippen LogP contribution in [0, 0.1) is 5.92 Å². The van der Waals surface area contributed by atoms with E-state index in [9.17, 15) is 0 Å². The molecule has 2 atom stereocenters. The summed E-state index contributed by atoms with van der Waals surface area (Å²) in [6.07, 6.45) is 1.16. The van der Waals surface area contributed by atoms with E-state index in [2.05, 4.69) is 0 Å². The Balaban J connectivity index is 2.27. The average molecular weight is 252 g/mol. The molecule has 100 valence electrons. The van der Waals surface area contributed by atoms with Crippen LogP contribution in [0.5, 0.6) is 17.2 Å². The summed E-state index contributed by atoms with van der Waals surface area (Å²) < 4.78 is 21.2. The van der Waals surface area contributed by atoms with Crippen LogP contribution in [-0.4, -0.2) is 35.0 Å². The largest absolute Gasteiger partial charge is 0.493 e. The Morgan fingerprint density at radius 3 is 2.06 bits per heavy atom. The van der Waals surface area contributed by atoms with Gasteiger partial charge in [0.15, 0.2) is 11.5 Å². The second-order valence-electron chi connectivity index (χ2n) is 4.52. The topological polar surface area (TPSA) is 36.9 Å². The van der Waals surface area contributed by atoms with Gasteiger partial charge in [-0.25, -0.2) is 0 Å². The Kier molecular flexibility index (Phi) is 3.97. The molecular formula is C14H20O4. The van der Waals surface area contributed by atoms with Gasteiger partial charge < -0.3 is 18.9 Å². The van der Waals surface area contributed by atoms with E-state index >= 15 is 0 Å². The first kappa shape index (κ1) is 13.0. The normalized spacial score (nSPS) is 21.6. The zero-order chi connectivity index (χ0) is 13.1. The van der Waals surface area contributed by atoms with E-state index in [1.54, 1.807) is 28.4 Å². The maximum atomic E-state index is 5.36. The molecule has 1 saturated carbocycles. The summed E-state index contributed by atoms with van der Waals surface area (Å²) >= 11 is 0. The average Bonchev–Trinajstić information content (AvgIpc) is 3.16. The molecule has 0 N–H and O–H groups in total. The highest BCUT2D eigenvalue weighted by molar-refractivity contribution is 5.55. The Morgan fingerprint density at radius 1 is 1.00 bits per heavy atom. The van der Waals surface area contributed by atoms with Crippen molar-refractivity contribution in [1.82, 2.24) is 0 Å². The van der Waals surface area contributed by atoms with Crippen molar-refractivity contribution in [1.29, 1.82) is 0 Å². The van der Waals surface area contributed by atoms with Gasteiger partial charge in [0.25, 0.3) is 0 Å². The molecule has 0 aromatic heterocycles. The smallest absolute Gasteiger partial charge is 0.203 e. The van der Waals surface area contributed by atoms with Gasteiger partial charge in [-0.15, -0.1) is 0 Å². The molecule has 4 heteroatoms. The summed E-state index contributed by atoms with van der Waals surface area (Å²) in [5, 5.41) is 0. The molecule has 18 heavy (non-hydrogen) atoms. The molecule has 1 aliphatic rings. The second-order valence-corrected chi connectivity index (χ2v) is 4.52. The second kappa shape index (κ2) is 5.48. The Hall–Kier alpha value is -1.42. The summed E-state index contributed by atoms with van der Waals surface area (Å²) in [6, 6.07) is 4.06. The first-order valence-corrected chi connectivity index (χ1v) is 6.04. The molecular weight excluding hydrogens is 232 g/mol. The molecule has 1 aromatic carbocycles. The lowest BCUT2D eigenvalue weighted by molar-refractivity contribution is 0.184. The zero-order valence-corrected chi connectivity index (χ0v) is 11.4. The van der Waals surface area contributed by atoms with Crippen LogP contribution in [0.1, 0.15) is 17.9 Å². The molecule has 0 bridgehead atoms. The van der Waals surface area contributed by atoms with Crippen LogP contribution in [-0.2, 0) is 4.74 Å². The van der Waals surface area contributed by atoms with Gasteiger partial charge in [-0.1, -0.05) is 0 Å². The SMILES string of the molecule is COCC1CC1c1cc(OC)c(OC)c(OC)c1. The van der Waals surface area contributed by atoms with Crippen LogP contribution in [0.2, 0.25) is 0 Å². The van der Waals surface area contributed by atoms with Crippen molar-refractivity contribution in [3.8, 4) is 17.2 Å². The Morgan fingerprint density at radius 2 is 1.61 bits per heavy atom. The Labute approximate surface area is 108 Å². The lowest BCUT2D eigenvalue weighted by atomic mass is 10.1. The van der Waals surface area contributed by atoms with Gasteiger partial charge in [-0.3, -0.25) is 0 Å². The highest BCUT2D eigenvalue weighted by Crippen LogP contribution is 2.51. The maximum absolute atomic E-state index is 5.36. The van der Waals surface area contributed by atoms with E-state index in [1.165, 1.54) is 5.56 Å². The van der Waals surface area contributed by atoms with Crippen LogP contribution in [0.15, 0.2) is 12.1 Å². The Bertz CT molecular complexity index is 391. The minimum Gasteiger partial charge on any atom is -0.493 e. The fourth-order valence-electron chi connectivity index (χ4n) is 2.37. The van der Waals surface area contributed by atoms with Crippen LogP contribution in [0.3, 0.4) is 0 Å². The molecule has 0 heterocycles. The third kappa shape index (κ3) is 2.38. The minimum atomic E-state index is 0.540. The van der Waals surface area contributed by atoms with E-state index in [-0.39, 0.29) is 0 Å². The molecule has 2 rings (SSSR count). The number of benzene rings is 1. The third-order valence-corrected chi connectivity index (χ3v) is 3.42. The molecule has 1 fully saturated rings. The van der Waals surface area contributed by atoms with E-state index in [4.69, 9.17) is 18.9 Å². The van der Waals surface area contributed by atoms with Gasteiger partial charge in [0, 0.05) is 13.7 Å². The third-order valence-electron chi connectivity index (χ3n) is 3.42. The maximum Gasteiger partial charge on any atom is 0.203 e. The summed E-state index contributed by atoms with van der Waals surface area (Å²) in [7, 11) is 6.64. The molecule has 1 aromatic rings. The fourth-order valence-corrected chi connectivity index (χ4v) is 2.37. The minimum absolute atomic E-state index is 0.540.